The molecule has 21 heavy (non-hydrogen) atoms. The molecule has 0 unspecified atom stereocenters. The van der Waals surface area contributed by atoms with Crippen LogP contribution < -0.4 is 5.32 Å². The van der Waals surface area contributed by atoms with E-state index in [-0.39, 0.29) is 23.1 Å². The molecular weight excluding hydrogens is 274 g/mol. The average Bonchev–Trinajstić information content (AvgIpc) is 2.90. The van der Waals surface area contributed by atoms with Crippen LogP contribution in [-0.2, 0) is 0 Å². The number of nitrogens with one attached hydrogen (secondary N) is 2. The molecule has 8 nitrogen and oxygen atoms in total. The maximum Gasteiger partial charge on any atom is 0.295 e. The number of nitro benzene ring substituents is 1. The molecule has 8 heteroatoms. The summed E-state index contributed by atoms with van der Waals surface area (Å²) in [6.07, 6.45) is 0. The Bertz CT molecular complexity index is 693. The van der Waals surface area contributed by atoms with Crippen molar-refractivity contribution >= 4 is 17.3 Å². The van der Waals surface area contributed by atoms with Crippen molar-refractivity contribution in [2.24, 2.45) is 0 Å². The van der Waals surface area contributed by atoms with Crippen molar-refractivity contribution in [1.82, 2.24) is 15.2 Å². The number of anilines is 1. The molecule has 1 aromatic heterocycles. The van der Waals surface area contributed by atoms with E-state index in [9.17, 15) is 14.9 Å². The number of carbonyl (C=O) groups excluding carboxylic acids is 1. The van der Waals surface area contributed by atoms with Gasteiger partial charge >= 0.3 is 0 Å². The van der Waals surface area contributed by atoms with Crippen LogP contribution in [0.2, 0.25) is 0 Å². The first kappa shape index (κ1) is 14.6. The highest BCUT2D eigenvalue weighted by atomic mass is 16.6. The van der Waals surface area contributed by atoms with E-state index in [4.69, 9.17) is 0 Å². The van der Waals surface area contributed by atoms with Gasteiger partial charge in [0.05, 0.1) is 4.92 Å². The van der Waals surface area contributed by atoms with Crippen LogP contribution in [0.3, 0.4) is 0 Å². The highest BCUT2D eigenvalue weighted by Crippen LogP contribution is 2.25. The fourth-order valence-corrected chi connectivity index (χ4v) is 1.71. The summed E-state index contributed by atoms with van der Waals surface area (Å²) in [4.78, 5) is 26.5. The summed E-state index contributed by atoms with van der Waals surface area (Å²) in [5.41, 5.74) is 0.689. The molecule has 1 amide bonds. The average molecular weight is 289 g/mol. The Labute approximate surface area is 120 Å². The van der Waals surface area contributed by atoms with Crippen molar-refractivity contribution in [3.8, 4) is 0 Å². The van der Waals surface area contributed by atoms with Gasteiger partial charge in [-0.1, -0.05) is 19.9 Å². The molecule has 0 aliphatic carbocycles. The van der Waals surface area contributed by atoms with Gasteiger partial charge in [0.25, 0.3) is 11.6 Å². The van der Waals surface area contributed by atoms with E-state index in [2.05, 4.69) is 20.5 Å². The lowest BCUT2D eigenvalue weighted by Crippen LogP contribution is -2.15. The number of nitrogens with zero attached hydrogens (tertiary/aromatic N) is 3. The molecule has 110 valence electrons. The molecule has 0 fully saturated rings. The molecule has 0 spiro atoms. The second-order valence-electron chi connectivity index (χ2n) is 4.93. The number of carbonyl (C=O) groups is 1. The van der Waals surface area contributed by atoms with Crippen LogP contribution in [0, 0.1) is 17.0 Å². The van der Waals surface area contributed by atoms with Crippen LogP contribution >= 0.6 is 0 Å². The summed E-state index contributed by atoms with van der Waals surface area (Å²) in [5, 5.41) is 19.9. The first-order valence-corrected chi connectivity index (χ1v) is 6.37. The number of aromatic amines is 1. The lowest BCUT2D eigenvalue weighted by Gasteiger charge is -2.04. The van der Waals surface area contributed by atoms with Gasteiger partial charge in [-0.3, -0.25) is 20.0 Å². The van der Waals surface area contributed by atoms with Gasteiger partial charge in [-0.15, -0.1) is 5.10 Å². The number of hydrogen-bond acceptors (Lipinski definition) is 5. The van der Waals surface area contributed by atoms with Gasteiger partial charge in [0.2, 0.25) is 5.82 Å². The third-order valence-electron chi connectivity index (χ3n) is 2.85. The molecule has 0 aliphatic heterocycles. The highest BCUT2D eigenvalue weighted by Gasteiger charge is 2.19. The Morgan fingerprint density at radius 2 is 2.14 bits per heavy atom. The summed E-state index contributed by atoms with van der Waals surface area (Å²) in [5.74, 6) is 0.0463. The smallest absolute Gasteiger partial charge is 0.295 e. The van der Waals surface area contributed by atoms with Crippen LogP contribution in [0.25, 0.3) is 0 Å². The van der Waals surface area contributed by atoms with Crippen LogP contribution in [0.4, 0.5) is 11.4 Å². The number of H-pyrrole nitrogens is 1. The number of rotatable bonds is 4. The Morgan fingerprint density at radius 1 is 1.43 bits per heavy atom. The van der Waals surface area contributed by atoms with Crippen LogP contribution in [-0.4, -0.2) is 26.0 Å². The van der Waals surface area contributed by atoms with Gasteiger partial charge in [0, 0.05) is 12.0 Å². The summed E-state index contributed by atoms with van der Waals surface area (Å²) < 4.78 is 0. The number of amides is 1. The summed E-state index contributed by atoms with van der Waals surface area (Å²) in [6.45, 7) is 5.56. The SMILES string of the molecule is Cc1ccc(NC(=O)c2n[nH]c(C(C)C)n2)c([N+](=O)[O-])c1. The van der Waals surface area contributed by atoms with Crippen molar-refractivity contribution in [2.45, 2.75) is 26.7 Å². The Balaban J connectivity index is 2.25. The first-order valence-electron chi connectivity index (χ1n) is 6.37. The third-order valence-corrected chi connectivity index (χ3v) is 2.85. The van der Waals surface area contributed by atoms with Gasteiger partial charge in [0.1, 0.15) is 11.5 Å². The molecule has 0 radical (unpaired) electrons. The Kier molecular flexibility index (Phi) is 3.97. The van der Waals surface area contributed by atoms with E-state index in [0.717, 1.165) is 5.56 Å². The maximum absolute atomic E-state index is 12.0. The monoisotopic (exact) mass is 289 g/mol. The molecule has 0 aliphatic rings. The lowest BCUT2D eigenvalue weighted by molar-refractivity contribution is -0.384. The van der Waals surface area contributed by atoms with E-state index in [0.29, 0.717) is 5.82 Å². The molecule has 0 atom stereocenters. The summed E-state index contributed by atoms with van der Waals surface area (Å²) in [7, 11) is 0. The van der Waals surface area contributed by atoms with E-state index in [1.54, 1.807) is 13.0 Å². The normalized spacial score (nSPS) is 10.7. The van der Waals surface area contributed by atoms with E-state index >= 15 is 0 Å². The van der Waals surface area contributed by atoms with Crippen LogP contribution in [0.15, 0.2) is 18.2 Å². The second-order valence-corrected chi connectivity index (χ2v) is 4.93. The maximum atomic E-state index is 12.0. The van der Waals surface area contributed by atoms with Crippen molar-refractivity contribution in [2.75, 3.05) is 5.32 Å². The lowest BCUT2D eigenvalue weighted by atomic mass is 10.2. The van der Waals surface area contributed by atoms with Gasteiger partial charge in [-0.2, -0.15) is 0 Å². The van der Waals surface area contributed by atoms with Crippen LogP contribution in [0.5, 0.6) is 0 Å². The zero-order chi connectivity index (χ0) is 15.6. The fraction of sp³-hybridized carbons (Fsp3) is 0.308. The number of hydrogen-bond donors (Lipinski definition) is 2. The van der Waals surface area contributed by atoms with Gasteiger partial charge in [0.15, 0.2) is 0 Å². The van der Waals surface area contributed by atoms with Crippen molar-refractivity contribution in [3.05, 3.63) is 45.5 Å². The second kappa shape index (κ2) is 5.70. The topological polar surface area (TPSA) is 114 Å². The Hall–Kier alpha value is -2.77. The zero-order valence-electron chi connectivity index (χ0n) is 11.9. The third kappa shape index (κ3) is 3.22. The standard InChI is InChI=1S/C13H15N5O3/c1-7(2)11-15-12(17-16-11)13(19)14-9-5-4-8(3)6-10(9)18(20)21/h4-7H,1-3H3,(H,14,19)(H,15,16,17). The fourth-order valence-electron chi connectivity index (χ4n) is 1.71. The summed E-state index contributed by atoms with van der Waals surface area (Å²) >= 11 is 0. The molecule has 2 rings (SSSR count). The van der Waals surface area contributed by atoms with E-state index in [1.807, 2.05) is 13.8 Å². The quantitative estimate of drug-likeness (QED) is 0.662. The minimum atomic E-state index is -0.592. The molecule has 0 saturated heterocycles. The molecule has 1 heterocycles. The van der Waals surface area contributed by atoms with Gasteiger partial charge < -0.3 is 5.32 Å². The van der Waals surface area contributed by atoms with Crippen LogP contribution in [0.1, 0.15) is 41.8 Å². The number of aryl methyl sites for hydroxylation is 1. The van der Waals surface area contributed by atoms with E-state index < -0.39 is 10.8 Å². The van der Waals surface area contributed by atoms with Crippen molar-refractivity contribution in [1.29, 1.82) is 0 Å². The summed E-state index contributed by atoms with van der Waals surface area (Å²) in [6, 6.07) is 4.56. The number of aromatic nitrogens is 3. The van der Waals surface area contributed by atoms with Crippen molar-refractivity contribution < 1.29 is 9.72 Å². The molecule has 2 aromatic rings. The first-order chi connectivity index (χ1) is 9.88. The van der Waals surface area contributed by atoms with E-state index in [1.165, 1.54) is 12.1 Å². The molecule has 2 N–H and O–H groups in total. The molecule has 0 bridgehead atoms. The zero-order valence-corrected chi connectivity index (χ0v) is 11.9. The predicted molar refractivity (Wildman–Crippen MR) is 76.3 cm³/mol. The highest BCUT2D eigenvalue weighted by molar-refractivity contribution is 6.02. The number of nitro groups is 1. The molecule has 1 aromatic carbocycles. The predicted octanol–water partition coefficient (Wildman–Crippen LogP) is 2.40. The van der Waals surface area contributed by atoms with Gasteiger partial charge in [-0.05, 0) is 18.6 Å². The minimum Gasteiger partial charge on any atom is -0.313 e. The number of benzene rings is 1. The Morgan fingerprint density at radius 3 is 2.71 bits per heavy atom. The largest absolute Gasteiger partial charge is 0.313 e. The molecule has 0 saturated carbocycles. The molecular formula is C13H15N5O3. The van der Waals surface area contributed by atoms with Crippen molar-refractivity contribution in [3.63, 3.8) is 0 Å². The van der Waals surface area contributed by atoms with Gasteiger partial charge in [-0.25, -0.2) is 4.98 Å². The minimum absolute atomic E-state index is 0.0476.